The van der Waals surface area contributed by atoms with Gasteiger partial charge in [0.25, 0.3) is 5.91 Å². The highest BCUT2D eigenvalue weighted by Gasteiger charge is 2.26. The molecule has 3 heterocycles. The number of hydrogen-bond acceptors (Lipinski definition) is 7. The molecule has 2 saturated heterocycles. The molecule has 0 bridgehead atoms. The maximum absolute atomic E-state index is 13.1. The van der Waals surface area contributed by atoms with Gasteiger partial charge >= 0.3 is 0 Å². The van der Waals surface area contributed by atoms with E-state index in [1.165, 1.54) is 6.07 Å². The summed E-state index contributed by atoms with van der Waals surface area (Å²) in [4.78, 5) is 36.2. The molecule has 1 amide bonds. The first kappa shape index (κ1) is 24.1. The molecule has 2 fully saturated rings. The van der Waals surface area contributed by atoms with Crippen molar-refractivity contribution in [3.8, 4) is 5.75 Å². The number of likely N-dealkylation sites (N-methyl/N-ethyl adjacent to an activating group) is 2. The second-order valence-corrected chi connectivity index (χ2v) is 9.53. The lowest BCUT2D eigenvalue weighted by molar-refractivity contribution is 0.102. The van der Waals surface area contributed by atoms with Crippen molar-refractivity contribution in [2.75, 3.05) is 75.7 Å². The van der Waals surface area contributed by atoms with Crippen LogP contribution < -0.4 is 25.3 Å². The molecule has 5 rings (SSSR count). The van der Waals surface area contributed by atoms with Gasteiger partial charge in [-0.3, -0.25) is 9.59 Å². The van der Waals surface area contributed by atoms with E-state index in [0.29, 0.717) is 41.6 Å². The van der Waals surface area contributed by atoms with Crippen molar-refractivity contribution in [1.29, 1.82) is 0 Å². The zero-order valence-corrected chi connectivity index (χ0v) is 21.0. The highest BCUT2D eigenvalue weighted by molar-refractivity contribution is 6.05. The van der Waals surface area contributed by atoms with Crippen LogP contribution in [0.3, 0.4) is 0 Å². The average Bonchev–Trinajstić information content (AvgIpc) is 3.35. The summed E-state index contributed by atoms with van der Waals surface area (Å²) in [6.07, 6.45) is 1.02. The lowest BCUT2D eigenvalue weighted by Crippen LogP contribution is -2.36. The number of aromatic amines is 1. The minimum Gasteiger partial charge on any atom is -0.497 e. The molecule has 2 aromatic carbocycles. The van der Waals surface area contributed by atoms with Gasteiger partial charge in [-0.25, -0.2) is 0 Å². The van der Waals surface area contributed by atoms with Crippen LogP contribution in [0.1, 0.15) is 16.9 Å². The second kappa shape index (κ2) is 10.2. The molecular weight excluding hydrogens is 458 g/mol. The number of pyridine rings is 1. The average molecular weight is 492 g/mol. The number of carbonyl (C=O) groups is 1. The highest BCUT2D eigenvalue weighted by Crippen LogP contribution is 2.32. The second-order valence-electron chi connectivity index (χ2n) is 9.53. The molecule has 2 aliphatic heterocycles. The molecule has 0 spiro atoms. The van der Waals surface area contributed by atoms with E-state index in [9.17, 15) is 9.59 Å². The van der Waals surface area contributed by atoms with Gasteiger partial charge < -0.3 is 34.5 Å². The standard InChI is InChI=1S/C27H33N5O4/c1-30-9-8-20(17-30)31(2)24-15-21(35-3)14-22-25(33)16-23(29-26(22)24)27(34)28-18-4-6-19(7-5-18)32-10-12-36-13-11-32/h4-7,14-16,20H,8-13,17H2,1-3H3,(H,28,34)(H,29,33). The molecule has 1 unspecified atom stereocenters. The van der Waals surface area contributed by atoms with Gasteiger partial charge in [0.2, 0.25) is 0 Å². The maximum atomic E-state index is 13.1. The Morgan fingerprint density at radius 1 is 1.14 bits per heavy atom. The Bertz CT molecular complexity index is 1300. The van der Waals surface area contributed by atoms with Crippen LogP contribution in [0.25, 0.3) is 10.9 Å². The minimum atomic E-state index is -0.363. The van der Waals surface area contributed by atoms with Crippen LogP contribution in [0.2, 0.25) is 0 Å². The molecular formula is C27H33N5O4. The van der Waals surface area contributed by atoms with Gasteiger partial charge in [-0.05, 0) is 50.3 Å². The van der Waals surface area contributed by atoms with Gasteiger partial charge in [-0.1, -0.05) is 0 Å². The van der Waals surface area contributed by atoms with Crippen molar-refractivity contribution in [3.05, 3.63) is 58.4 Å². The molecule has 3 aromatic rings. The number of likely N-dealkylation sites (tertiary alicyclic amines) is 1. The summed E-state index contributed by atoms with van der Waals surface area (Å²) >= 11 is 0. The summed E-state index contributed by atoms with van der Waals surface area (Å²) in [6.45, 7) is 5.08. The Balaban J connectivity index is 1.43. The van der Waals surface area contributed by atoms with Gasteiger partial charge in [-0.15, -0.1) is 0 Å². The zero-order chi connectivity index (χ0) is 25.2. The number of aromatic nitrogens is 1. The van der Waals surface area contributed by atoms with Crippen molar-refractivity contribution < 1.29 is 14.3 Å². The van der Waals surface area contributed by atoms with E-state index in [2.05, 4.69) is 32.0 Å². The van der Waals surface area contributed by atoms with E-state index in [0.717, 1.165) is 44.0 Å². The Morgan fingerprint density at radius 3 is 2.56 bits per heavy atom. The summed E-state index contributed by atoms with van der Waals surface area (Å²) in [6, 6.07) is 13.0. The number of carbonyl (C=O) groups excluding carboxylic acids is 1. The Kier molecular flexibility index (Phi) is 6.84. The summed E-state index contributed by atoms with van der Waals surface area (Å²) in [7, 11) is 5.73. The van der Waals surface area contributed by atoms with E-state index in [1.807, 2.05) is 37.4 Å². The number of fused-ring (bicyclic) bond motifs is 1. The molecule has 0 aliphatic carbocycles. The van der Waals surface area contributed by atoms with Gasteiger partial charge in [0, 0.05) is 56.2 Å². The summed E-state index contributed by atoms with van der Waals surface area (Å²) in [5.41, 5.74) is 3.22. The number of benzene rings is 2. The number of nitrogens with zero attached hydrogens (tertiary/aromatic N) is 3. The van der Waals surface area contributed by atoms with E-state index in [4.69, 9.17) is 9.47 Å². The largest absolute Gasteiger partial charge is 0.497 e. The highest BCUT2D eigenvalue weighted by atomic mass is 16.5. The van der Waals surface area contributed by atoms with Crippen LogP contribution >= 0.6 is 0 Å². The number of H-pyrrole nitrogens is 1. The fourth-order valence-electron chi connectivity index (χ4n) is 5.02. The lowest BCUT2D eigenvalue weighted by atomic mass is 10.1. The molecule has 0 radical (unpaired) electrons. The van der Waals surface area contributed by atoms with E-state index >= 15 is 0 Å². The third-order valence-electron chi connectivity index (χ3n) is 7.17. The van der Waals surface area contributed by atoms with Crippen LogP contribution in [-0.2, 0) is 4.74 Å². The summed E-state index contributed by atoms with van der Waals surface area (Å²) in [5.74, 6) is 0.247. The van der Waals surface area contributed by atoms with Gasteiger partial charge in [0.15, 0.2) is 5.43 Å². The van der Waals surface area contributed by atoms with Gasteiger partial charge in [-0.2, -0.15) is 0 Å². The van der Waals surface area contributed by atoms with E-state index < -0.39 is 0 Å². The Labute approximate surface area is 210 Å². The normalized spacial score (nSPS) is 18.4. The fourth-order valence-corrected chi connectivity index (χ4v) is 5.02. The van der Waals surface area contributed by atoms with Crippen molar-refractivity contribution in [3.63, 3.8) is 0 Å². The van der Waals surface area contributed by atoms with E-state index in [-0.39, 0.29) is 17.0 Å². The van der Waals surface area contributed by atoms with Crippen LogP contribution in [-0.4, -0.2) is 82.4 Å². The fraction of sp³-hybridized carbons (Fsp3) is 0.407. The third kappa shape index (κ3) is 4.89. The van der Waals surface area contributed by atoms with Crippen LogP contribution in [0.5, 0.6) is 5.75 Å². The molecule has 9 nitrogen and oxygen atoms in total. The third-order valence-corrected chi connectivity index (χ3v) is 7.17. The van der Waals surface area contributed by atoms with Crippen molar-refractivity contribution in [1.82, 2.24) is 9.88 Å². The van der Waals surface area contributed by atoms with Crippen molar-refractivity contribution in [2.24, 2.45) is 0 Å². The number of methoxy groups -OCH3 is 1. The van der Waals surface area contributed by atoms with Crippen LogP contribution in [0, 0.1) is 0 Å². The van der Waals surface area contributed by atoms with Crippen LogP contribution in [0.15, 0.2) is 47.3 Å². The number of morpholine rings is 1. The van der Waals surface area contributed by atoms with Crippen LogP contribution in [0.4, 0.5) is 17.1 Å². The SMILES string of the molecule is COc1cc(N(C)C2CCN(C)C2)c2[nH]c(C(=O)Nc3ccc(N4CCOCC4)cc3)cc(=O)c2c1. The predicted octanol–water partition coefficient (Wildman–Crippen LogP) is 2.77. The maximum Gasteiger partial charge on any atom is 0.272 e. The van der Waals surface area contributed by atoms with Crippen molar-refractivity contribution >= 4 is 33.9 Å². The molecule has 2 N–H and O–H groups in total. The monoisotopic (exact) mass is 491 g/mol. The first-order chi connectivity index (χ1) is 17.4. The van der Waals surface area contributed by atoms with E-state index in [1.54, 1.807) is 13.2 Å². The number of nitrogens with one attached hydrogen (secondary N) is 2. The first-order valence-corrected chi connectivity index (χ1v) is 12.3. The Morgan fingerprint density at radius 2 is 1.89 bits per heavy atom. The number of hydrogen-bond donors (Lipinski definition) is 2. The summed E-state index contributed by atoms with van der Waals surface area (Å²) < 4.78 is 10.9. The van der Waals surface area contributed by atoms with Gasteiger partial charge in [0.05, 0.1) is 36.9 Å². The number of rotatable bonds is 6. The summed E-state index contributed by atoms with van der Waals surface area (Å²) in [5, 5.41) is 3.41. The Hall–Kier alpha value is -3.56. The zero-order valence-electron chi connectivity index (χ0n) is 21.0. The molecule has 1 atom stereocenters. The smallest absolute Gasteiger partial charge is 0.272 e. The number of amides is 1. The number of anilines is 3. The predicted molar refractivity (Wildman–Crippen MR) is 143 cm³/mol. The minimum absolute atomic E-state index is 0.216. The molecule has 190 valence electrons. The topological polar surface area (TPSA) is 90.1 Å². The molecule has 36 heavy (non-hydrogen) atoms. The number of ether oxygens (including phenoxy) is 2. The molecule has 0 saturated carbocycles. The lowest BCUT2D eigenvalue weighted by Gasteiger charge is -2.29. The molecule has 9 heteroatoms. The van der Waals surface area contributed by atoms with Crippen molar-refractivity contribution in [2.45, 2.75) is 12.5 Å². The van der Waals surface area contributed by atoms with Gasteiger partial charge in [0.1, 0.15) is 11.4 Å². The first-order valence-electron chi connectivity index (χ1n) is 12.3. The molecule has 2 aliphatic rings. The quantitative estimate of drug-likeness (QED) is 0.548. The molecule has 1 aromatic heterocycles.